The number of hydrogen-bond donors (Lipinski definition) is 3. The number of aliphatic hydroxyl groups excluding tert-OH is 2. The van der Waals surface area contributed by atoms with Crippen LogP contribution in [0.5, 0.6) is 0 Å². The number of rotatable bonds is 49. The van der Waals surface area contributed by atoms with E-state index in [1.165, 1.54) is 109 Å². The Hall–Kier alpha value is -2.33. The lowest BCUT2D eigenvalue weighted by molar-refractivity contribution is -0.153. The summed E-state index contributed by atoms with van der Waals surface area (Å²) in [4.78, 5) is 34.7. The molecule has 0 aliphatic heterocycles. The van der Waals surface area contributed by atoms with E-state index < -0.39 is 58.4 Å². The minimum Gasteiger partial charge on any atom is -0.457 e. The van der Waals surface area contributed by atoms with Crippen molar-refractivity contribution in [1.29, 1.82) is 0 Å². The normalized spacial score (nSPS) is 14.1. The minimum absolute atomic E-state index is 0.174. The number of phosphoric acid groups is 1. The average molecular weight is 937 g/mol. The smallest absolute Gasteiger partial charge is 0.457 e. The first-order valence-corrected chi connectivity index (χ1v) is 27.7. The third-order valence-electron chi connectivity index (χ3n) is 11.2. The van der Waals surface area contributed by atoms with Crippen LogP contribution in [0.1, 0.15) is 232 Å². The van der Waals surface area contributed by atoms with E-state index in [1.54, 1.807) is 0 Å². The van der Waals surface area contributed by atoms with Gasteiger partial charge in [-0.3, -0.25) is 18.6 Å². The Bertz CT molecular complexity index is 1260. The molecule has 0 saturated carbocycles. The van der Waals surface area contributed by atoms with Gasteiger partial charge >= 0.3 is 19.8 Å². The van der Waals surface area contributed by atoms with Crippen molar-refractivity contribution in [3.63, 3.8) is 0 Å². The molecule has 0 aromatic rings. The highest BCUT2D eigenvalue weighted by molar-refractivity contribution is 7.47. The molecule has 0 radical (unpaired) electrons. The van der Waals surface area contributed by atoms with Crippen LogP contribution in [0.4, 0.5) is 0 Å². The van der Waals surface area contributed by atoms with Crippen molar-refractivity contribution in [2.45, 2.75) is 244 Å². The summed E-state index contributed by atoms with van der Waals surface area (Å²) < 4.78 is 32.7. The van der Waals surface area contributed by atoms with Crippen LogP contribution in [0.25, 0.3) is 0 Å². The van der Waals surface area contributed by atoms with Crippen LogP contribution in [0.15, 0.2) is 60.8 Å². The Morgan fingerprint density at radius 2 is 0.723 bits per heavy atom. The first kappa shape index (κ1) is 62.7. The lowest BCUT2D eigenvalue weighted by Crippen LogP contribution is -2.28. The van der Waals surface area contributed by atoms with Gasteiger partial charge in [0.1, 0.15) is 12.2 Å². The fourth-order valence-electron chi connectivity index (χ4n) is 7.22. The number of esters is 2. The van der Waals surface area contributed by atoms with Crippen LogP contribution in [-0.4, -0.2) is 65.7 Å². The molecule has 378 valence electrons. The van der Waals surface area contributed by atoms with Gasteiger partial charge < -0.3 is 24.6 Å². The summed E-state index contributed by atoms with van der Waals surface area (Å²) in [6.45, 7) is 2.11. The van der Waals surface area contributed by atoms with Crippen LogP contribution in [-0.2, 0) is 32.7 Å². The summed E-state index contributed by atoms with van der Waals surface area (Å²) in [6.07, 6.45) is 57.7. The summed E-state index contributed by atoms with van der Waals surface area (Å²) in [5.74, 6) is -1.03. The van der Waals surface area contributed by atoms with Crippen LogP contribution in [0.3, 0.4) is 0 Å². The number of aliphatic hydroxyl groups is 2. The van der Waals surface area contributed by atoms with E-state index in [-0.39, 0.29) is 12.8 Å². The van der Waals surface area contributed by atoms with Crippen molar-refractivity contribution in [3.05, 3.63) is 60.8 Å². The summed E-state index contributed by atoms with van der Waals surface area (Å²) in [7, 11) is -4.65. The van der Waals surface area contributed by atoms with Gasteiger partial charge in [0.2, 0.25) is 0 Å². The fourth-order valence-corrected chi connectivity index (χ4v) is 8.00. The maximum Gasteiger partial charge on any atom is 0.472 e. The van der Waals surface area contributed by atoms with E-state index >= 15 is 0 Å². The molecular formula is C54H97O10P. The Morgan fingerprint density at radius 3 is 1.06 bits per heavy atom. The predicted molar refractivity (Wildman–Crippen MR) is 270 cm³/mol. The van der Waals surface area contributed by atoms with Gasteiger partial charge in [-0.2, -0.15) is 0 Å². The van der Waals surface area contributed by atoms with E-state index in [0.717, 1.165) is 83.5 Å². The van der Waals surface area contributed by atoms with Gasteiger partial charge in [-0.25, -0.2) is 4.57 Å². The molecule has 0 aliphatic carbocycles. The van der Waals surface area contributed by atoms with Gasteiger partial charge in [0.15, 0.2) is 0 Å². The van der Waals surface area contributed by atoms with E-state index in [9.17, 15) is 29.3 Å². The van der Waals surface area contributed by atoms with E-state index in [1.807, 2.05) is 0 Å². The SMILES string of the molecule is CC/C=C\C/C=C\C/C=C\C/C=C\CCCCCCCCC(=O)OC(CO)COP(=O)(O)OCC(CO)OC(=O)CCCCCCCCCCCCC/C=C\CCCCCCCCCC. The third-order valence-corrected chi connectivity index (χ3v) is 12.2. The molecule has 0 saturated heterocycles. The van der Waals surface area contributed by atoms with E-state index in [2.05, 4.69) is 74.6 Å². The zero-order valence-electron chi connectivity index (χ0n) is 41.4. The quantitative estimate of drug-likeness (QED) is 0.0233. The second-order valence-electron chi connectivity index (χ2n) is 17.5. The largest absolute Gasteiger partial charge is 0.472 e. The van der Waals surface area contributed by atoms with Crippen molar-refractivity contribution < 1.29 is 47.8 Å². The molecule has 0 aliphatic rings. The van der Waals surface area contributed by atoms with Crippen molar-refractivity contribution in [1.82, 2.24) is 0 Å². The second kappa shape index (κ2) is 49.6. The van der Waals surface area contributed by atoms with Gasteiger partial charge in [-0.15, -0.1) is 0 Å². The highest BCUT2D eigenvalue weighted by atomic mass is 31.2. The number of allylic oxidation sites excluding steroid dienone is 10. The van der Waals surface area contributed by atoms with Crippen molar-refractivity contribution in [2.24, 2.45) is 0 Å². The molecule has 0 fully saturated rings. The van der Waals surface area contributed by atoms with Crippen molar-refractivity contribution in [3.8, 4) is 0 Å². The molecular weight excluding hydrogens is 840 g/mol. The average Bonchev–Trinajstić information content (AvgIpc) is 3.30. The molecule has 10 nitrogen and oxygen atoms in total. The molecule has 11 heteroatoms. The Labute approximate surface area is 397 Å². The van der Waals surface area contributed by atoms with Crippen molar-refractivity contribution >= 4 is 19.8 Å². The van der Waals surface area contributed by atoms with Crippen molar-refractivity contribution in [2.75, 3.05) is 26.4 Å². The summed E-state index contributed by atoms with van der Waals surface area (Å²) >= 11 is 0. The summed E-state index contributed by atoms with van der Waals surface area (Å²) in [5, 5.41) is 19.3. The summed E-state index contributed by atoms with van der Waals surface area (Å²) in [5.41, 5.74) is 0. The summed E-state index contributed by atoms with van der Waals surface area (Å²) in [6, 6.07) is 0. The number of phosphoric ester groups is 1. The van der Waals surface area contributed by atoms with Crippen LogP contribution in [0.2, 0.25) is 0 Å². The number of hydrogen-bond acceptors (Lipinski definition) is 9. The number of unbranched alkanes of at least 4 members (excludes halogenated alkanes) is 25. The standard InChI is InChI=1S/C54H97O10P/c1-3-5-7-9-11-13-15-17-19-21-23-24-25-26-28-30-32-34-36-38-40-42-44-46-54(58)64-52(48-56)50-62-65(59,60)61-49-51(47-55)63-53(57)45-43-41-39-37-35-33-31-29-27-22-20-18-16-14-12-10-8-6-4-2/h6,8,12,14,18,20-21,23,27,29,51-52,55-56H,3-5,7,9-11,13,15-17,19,22,24-26,28,30-50H2,1-2H3,(H,59,60)/b8-6-,14-12-,20-18-,23-21-,29-27-. The van der Waals surface area contributed by atoms with Crippen LogP contribution < -0.4 is 0 Å². The Kier molecular flexibility index (Phi) is 47.8. The van der Waals surface area contributed by atoms with Gasteiger partial charge in [-0.05, 0) is 77.0 Å². The number of carbonyl (C=O) groups is 2. The lowest BCUT2D eigenvalue weighted by Gasteiger charge is -2.20. The molecule has 0 rings (SSSR count). The third kappa shape index (κ3) is 48.0. The monoisotopic (exact) mass is 937 g/mol. The molecule has 0 heterocycles. The molecule has 3 atom stereocenters. The number of ether oxygens (including phenoxy) is 2. The molecule has 65 heavy (non-hydrogen) atoms. The first-order chi connectivity index (χ1) is 31.8. The molecule has 0 aromatic heterocycles. The molecule has 3 unspecified atom stereocenters. The highest BCUT2D eigenvalue weighted by Gasteiger charge is 2.27. The zero-order chi connectivity index (χ0) is 47.6. The molecule has 0 spiro atoms. The van der Waals surface area contributed by atoms with Gasteiger partial charge in [-0.1, -0.05) is 203 Å². The van der Waals surface area contributed by atoms with Gasteiger partial charge in [0, 0.05) is 12.8 Å². The zero-order valence-corrected chi connectivity index (χ0v) is 42.3. The second-order valence-corrected chi connectivity index (χ2v) is 18.9. The maximum absolute atomic E-state index is 12.4. The molecule has 0 amide bonds. The van der Waals surface area contributed by atoms with Crippen LogP contribution >= 0.6 is 7.82 Å². The lowest BCUT2D eigenvalue weighted by atomic mass is 10.0. The van der Waals surface area contributed by atoms with Gasteiger partial charge in [0.25, 0.3) is 0 Å². The van der Waals surface area contributed by atoms with E-state index in [4.69, 9.17) is 18.5 Å². The molecule has 3 N–H and O–H groups in total. The molecule has 0 aromatic carbocycles. The first-order valence-electron chi connectivity index (χ1n) is 26.2. The maximum atomic E-state index is 12.4. The highest BCUT2D eigenvalue weighted by Crippen LogP contribution is 2.43. The number of carbonyl (C=O) groups excluding carboxylic acids is 2. The van der Waals surface area contributed by atoms with E-state index in [0.29, 0.717) is 12.8 Å². The van der Waals surface area contributed by atoms with Crippen LogP contribution in [0, 0.1) is 0 Å². The predicted octanol–water partition coefficient (Wildman–Crippen LogP) is 15.0. The minimum atomic E-state index is -4.65. The fraction of sp³-hybridized carbons (Fsp3) is 0.778. The van der Waals surface area contributed by atoms with Gasteiger partial charge in [0.05, 0.1) is 26.4 Å². The Morgan fingerprint density at radius 1 is 0.431 bits per heavy atom. The Balaban J connectivity index is 3.84. The topological polar surface area (TPSA) is 149 Å². The molecule has 0 bridgehead atoms.